The highest BCUT2D eigenvalue weighted by molar-refractivity contribution is 5.92. The van der Waals surface area contributed by atoms with Gasteiger partial charge in [-0.3, -0.25) is 0 Å². The van der Waals surface area contributed by atoms with Gasteiger partial charge in [-0.2, -0.15) is 5.26 Å². The molecule has 0 heterocycles. The molecule has 0 saturated carbocycles. The Hall–Kier alpha value is -3.88. The molecule has 0 fully saturated rings. The Balaban J connectivity index is 1.79. The summed E-state index contributed by atoms with van der Waals surface area (Å²) in [5.74, 6) is -0.539. The van der Waals surface area contributed by atoms with Crippen LogP contribution in [0.1, 0.15) is 86.7 Å². The minimum absolute atomic E-state index is 0.0128. The molecular formula is C31H38N2O6. The summed E-state index contributed by atoms with van der Waals surface area (Å²) in [4.78, 5) is 27.5. The summed E-state index contributed by atoms with van der Waals surface area (Å²) in [5.41, 5.74) is 1.53. The lowest BCUT2D eigenvalue weighted by atomic mass is 10.0. The highest BCUT2D eigenvalue weighted by atomic mass is 16.6. The number of carbonyl (C=O) groups excluding carboxylic acids is 2. The molecule has 0 spiro atoms. The summed E-state index contributed by atoms with van der Waals surface area (Å²) < 4.78 is 21.3. The standard InChI is InChI=1S/C31H38N2O6/c1-4-6-11-20-37-27-18-19-28(30(33-3)26(27)22-32)39-31(35)25-16-14-24(15-17-25)13-10-8-7-9-12-21-38-29(34)23-36-5-2/h14-19H,4-13,20-21,23H2,1-2H3. The van der Waals surface area contributed by atoms with Crippen molar-refractivity contribution in [3.8, 4) is 17.6 Å². The smallest absolute Gasteiger partial charge is 0.342 e. The van der Waals surface area contributed by atoms with Gasteiger partial charge in [0.2, 0.25) is 5.69 Å². The number of unbranched alkanes of at least 4 members (excludes halogenated alkanes) is 6. The molecule has 0 N–H and O–H groups in total. The van der Waals surface area contributed by atoms with E-state index in [0.717, 1.165) is 63.4 Å². The van der Waals surface area contributed by atoms with E-state index in [9.17, 15) is 14.9 Å². The van der Waals surface area contributed by atoms with Crippen molar-refractivity contribution < 1.29 is 28.5 Å². The third kappa shape index (κ3) is 11.2. The van der Waals surface area contributed by atoms with Crippen molar-refractivity contribution >= 4 is 17.6 Å². The number of carbonyl (C=O) groups is 2. The second-order valence-electron chi connectivity index (χ2n) is 9.03. The third-order valence-electron chi connectivity index (χ3n) is 6.02. The van der Waals surface area contributed by atoms with Crippen LogP contribution in [0.25, 0.3) is 4.85 Å². The lowest BCUT2D eigenvalue weighted by molar-refractivity contribution is -0.148. The average molecular weight is 535 g/mol. The van der Waals surface area contributed by atoms with Crippen LogP contribution < -0.4 is 9.47 Å². The summed E-state index contributed by atoms with van der Waals surface area (Å²) in [5, 5.41) is 9.59. The zero-order valence-electron chi connectivity index (χ0n) is 23.0. The van der Waals surface area contributed by atoms with E-state index >= 15 is 0 Å². The van der Waals surface area contributed by atoms with Gasteiger partial charge < -0.3 is 18.9 Å². The first-order valence-corrected chi connectivity index (χ1v) is 13.7. The molecule has 0 aromatic heterocycles. The van der Waals surface area contributed by atoms with E-state index in [1.807, 2.05) is 25.1 Å². The molecule has 0 aliphatic carbocycles. The molecular weight excluding hydrogens is 496 g/mol. The highest BCUT2D eigenvalue weighted by Gasteiger charge is 2.19. The molecule has 0 atom stereocenters. The number of esters is 2. The zero-order valence-corrected chi connectivity index (χ0v) is 23.0. The van der Waals surface area contributed by atoms with Crippen LogP contribution in [0.3, 0.4) is 0 Å². The first kappa shape index (κ1) is 31.3. The van der Waals surface area contributed by atoms with Crippen molar-refractivity contribution in [3.63, 3.8) is 0 Å². The van der Waals surface area contributed by atoms with Gasteiger partial charge in [-0.25, -0.2) is 14.4 Å². The molecule has 2 aromatic rings. The molecule has 0 aliphatic rings. The third-order valence-corrected chi connectivity index (χ3v) is 6.02. The van der Waals surface area contributed by atoms with E-state index in [1.165, 1.54) is 6.07 Å². The Morgan fingerprint density at radius 3 is 2.28 bits per heavy atom. The Morgan fingerprint density at radius 1 is 0.897 bits per heavy atom. The highest BCUT2D eigenvalue weighted by Crippen LogP contribution is 2.38. The van der Waals surface area contributed by atoms with Gasteiger partial charge in [0.05, 0.1) is 31.4 Å². The summed E-state index contributed by atoms with van der Waals surface area (Å²) in [6.07, 6.45) is 8.80. The monoisotopic (exact) mass is 534 g/mol. The maximum absolute atomic E-state index is 12.7. The fourth-order valence-electron chi connectivity index (χ4n) is 3.85. The minimum Gasteiger partial charge on any atom is -0.494 e. The summed E-state index contributed by atoms with van der Waals surface area (Å²) >= 11 is 0. The molecule has 2 aromatic carbocycles. The van der Waals surface area contributed by atoms with Crippen LogP contribution in [-0.4, -0.2) is 38.4 Å². The van der Waals surface area contributed by atoms with Gasteiger partial charge >= 0.3 is 11.9 Å². The second-order valence-corrected chi connectivity index (χ2v) is 9.03. The number of aryl methyl sites for hydroxylation is 1. The van der Waals surface area contributed by atoms with Gasteiger partial charge in [-0.15, -0.1) is 0 Å². The van der Waals surface area contributed by atoms with Gasteiger partial charge in [0.1, 0.15) is 23.7 Å². The Bertz CT molecular complexity index is 1130. The van der Waals surface area contributed by atoms with Crippen molar-refractivity contribution in [2.45, 2.75) is 71.6 Å². The van der Waals surface area contributed by atoms with Gasteiger partial charge in [-0.1, -0.05) is 51.2 Å². The molecule has 0 aliphatic heterocycles. The fourth-order valence-corrected chi connectivity index (χ4v) is 3.85. The molecule has 208 valence electrons. The zero-order chi connectivity index (χ0) is 28.3. The normalized spacial score (nSPS) is 10.4. The van der Waals surface area contributed by atoms with E-state index in [4.69, 9.17) is 25.5 Å². The average Bonchev–Trinajstić information content (AvgIpc) is 2.95. The van der Waals surface area contributed by atoms with Crippen LogP contribution in [0, 0.1) is 17.9 Å². The van der Waals surface area contributed by atoms with Gasteiger partial charge in [-0.05, 0) is 62.4 Å². The Kier molecular flexibility index (Phi) is 14.8. The second kappa shape index (κ2) is 18.4. The van der Waals surface area contributed by atoms with E-state index in [2.05, 4.69) is 11.8 Å². The van der Waals surface area contributed by atoms with Gasteiger partial charge in [0.25, 0.3) is 0 Å². The molecule has 0 saturated heterocycles. The molecule has 0 amide bonds. The predicted molar refractivity (Wildman–Crippen MR) is 148 cm³/mol. The van der Waals surface area contributed by atoms with Crippen molar-refractivity contribution in [2.75, 3.05) is 26.4 Å². The predicted octanol–water partition coefficient (Wildman–Crippen LogP) is 6.97. The largest absolute Gasteiger partial charge is 0.494 e. The number of ether oxygens (including phenoxy) is 4. The quantitative estimate of drug-likeness (QED) is 0.0881. The maximum atomic E-state index is 12.7. The number of hydrogen-bond acceptors (Lipinski definition) is 7. The lowest BCUT2D eigenvalue weighted by Crippen LogP contribution is -2.13. The van der Waals surface area contributed by atoms with E-state index in [-0.39, 0.29) is 29.6 Å². The summed E-state index contributed by atoms with van der Waals surface area (Å²) in [7, 11) is 0. The topological polar surface area (TPSA) is 99.2 Å². The molecule has 0 unspecified atom stereocenters. The molecule has 8 heteroatoms. The van der Waals surface area contributed by atoms with E-state index in [1.54, 1.807) is 18.2 Å². The molecule has 39 heavy (non-hydrogen) atoms. The number of hydrogen-bond donors (Lipinski definition) is 0. The molecule has 2 rings (SSSR count). The summed E-state index contributed by atoms with van der Waals surface area (Å²) in [6, 6.07) is 12.3. The van der Waals surface area contributed by atoms with Crippen LogP contribution in [-0.2, 0) is 20.7 Å². The number of benzene rings is 2. The van der Waals surface area contributed by atoms with Gasteiger partial charge in [0.15, 0.2) is 0 Å². The van der Waals surface area contributed by atoms with E-state index < -0.39 is 5.97 Å². The van der Waals surface area contributed by atoms with Crippen LogP contribution in [0.15, 0.2) is 36.4 Å². The Labute approximate surface area is 231 Å². The van der Waals surface area contributed by atoms with Crippen LogP contribution in [0.5, 0.6) is 11.5 Å². The molecule has 0 bridgehead atoms. The molecule has 8 nitrogen and oxygen atoms in total. The van der Waals surface area contributed by atoms with Crippen LogP contribution in [0.4, 0.5) is 5.69 Å². The fraction of sp³-hybridized carbons (Fsp3) is 0.484. The minimum atomic E-state index is -0.589. The van der Waals surface area contributed by atoms with Crippen molar-refractivity contribution in [3.05, 3.63) is 64.5 Å². The Morgan fingerprint density at radius 2 is 1.59 bits per heavy atom. The van der Waals surface area contributed by atoms with Crippen molar-refractivity contribution in [1.29, 1.82) is 5.26 Å². The maximum Gasteiger partial charge on any atom is 0.342 e. The van der Waals surface area contributed by atoms with Crippen molar-refractivity contribution in [2.24, 2.45) is 0 Å². The number of rotatable bonds is 18. The summed E-state index contributed by atoms with van der Waals surface area (Å²) in [6.45, 7) is 12.8. The first-order chi connectivity index (χ1) is 19.0. The SMILES string of the molecule is [C-]#[N+]c1c(OC(=O)c2ccc(CCCCCCCOC(=O)COCC)cc2)ccc(OCCCCC)c1C#N. The van der Waals surface area contributed by atoms with Crippen LogP contribution in [0.2, 0.25) is 0 Å². The van der Waals surface area contributed by atoms with Crippen molar-refractivity contribution in [1.82, 2.24) is 0 Å². The first-order valence-electron chi connectivity index (χ1n) is 13.7. The van der Waals surface area contributed by atoms with Crippen LogP contribution >= 0.6 is 0 Å². The number of nitriles is 1. The molecule has 0 radical (unpaired) electrons. The number of nitrogens with zero attached hydrogens (tertiary/aromatic N) is 2. The lowest BCUT2D eigenvalue weighted by Gasteiger charge is -2.12. The van der Waals surface area contributed by atoms with E-state index in [0.29, 0.717) is 31.1 Å². The van der Waals surface area contributed by atoms with Gasteiger partial charge in [0, 0.05) is 6.61 Å².